The van der Waals surface area contributed by atoms with Crippen LogP contribution in [0.2, 0.25) is 5.02 Å². The first-order valence-electron chi connectivity index (χ1n) is 8.48. The van der Waals surface area contributed by atoms with Crippen molar-refractivity contribution in [2.45, 2.75) is 19.5 Å². The van der Waals surface area contributed by atoms with Gasteiger partial charge in [-0.1, -0.05) is 23.7 Å². The molecular weight excluding hydrogens is 382 g/mol. The number of carbonyl (C=O) groups excluding carboxylic acids is 2. The van der Waals surface area contributed by atoms with Gasteiger partial charge in [0.1, 0.15) is 24.2 Å². The Bertz CT molecular complexity index is 944. The van der Waals surface area contributed by atoms with E-state index < -0.39 is 11.8 Å². The molecular formula is C19H18ClN5O3. The molecule has 2 N–H and O–H groups in total. The van der Waals surface area contributed by atoms with Crippen LogP contribution in [0.5, 0.6) is 11.5 Å². The molecule has 28 heavy (non-hydrogen) atoms. The lowest BCUT2D eigenvalue weighted by molar-refractivity contribution is -0.136. The molecule has 0 bridgehead atoms. The molecule has 1 aromatic heterocycles. The fourth-order valence-electron chi connectivity index (χ4n) is 2.39. The highest BCUT2D eigenvalue weighted by Crippen LogP contribution is 2.29. The molecule has 144 valence electrons. The Kier molecular flexibility index (Phi) is 6.23. The number of carbonyl (C=O) groups is 2. The molecule has 0 aliphatic heterocycles. The number of halogens is 1. The maximum Gasteiger partial charge on any atom is 0.313 e. The van der Waals surface area contributed by atoms with Crippen LogP contribution in [0.4, 0.5) is 5.69 Å². The molecule has 2 amide bonds. The molecule has 2 aromatic carbocycles. The topological polar surface area (TPSA) is 98.1 Å². The quantitative estimate of drug-likeness (QED) is 0.621. The van der Waals surface area contributed by atoms with Crippen molar-refractivity contribution >= 4 is 29.1 Å². The van der Waals surface area contributed by atoms with E-state index in [-0.39, 0.29) is 6.04 Å². The highest BCUT2D eigenvalue weighted by Gasteiger charge is 2.17. The molecule has 0 spiro atoms. The number of benzene rings is 2. The van der Waals surface area contributed by atoms with Gasteiger partial charge in [0.15, 0.2) is 0 Å². The molecule has 3 aromatic rings. The zero-order valence-corrected chi connectivity index (χ0v) is 15.8. The van der Waals surface area contributed by atoms with Crippen molar-refractivity contribution in [3.05, 3.63) is 66.2 Å². The molecule has 0 saturated heterocycles. The van der Waals surface area contributed by atoms with Crippen LogP contribution in [0.25, 0.3) is 0 Å². The van der Waals surface area contributed by atoms with E-state index in [4.69, 9.17) is 16.3 Å². The fourth-order valence-corrected chi connectivity index (χ4v) is 2.57. The first-order valence-corrected chi connectivity index (χ1v) is 8.86. The van der Waals surface area contributed by atoms with Crippen molar-refractivity contribution in [1.29, 1.82) is 0 Å². The van der Waals surface area contributed by atoms with E-state index in [1.165, 1.54) is 12.7 Å². The van der Waals surface area contributed by atoms with Crippen molar-refractivity contribution < 1.29 is 14.3 Å². The van der Waals surface area contributed by atoms with Gasteiger partial charge in [0.2, 0.25) is 0 Å². The maximum absolute atomic E-state index is 12.1. The van der Waals surface area contributed by atoms with Gasteiger partial charge in [0.05, 0.1) is 11.6 Å². The Balaban J connectivity index is 1.52. The monoisotopic (exact) mass is 399 g/mol. The first-order chi connectivity index (χ1) is 13.5. The Morgan fingerprint density at radius 2 is 1.89 bits per heavy atom. The molecule has 0 saturated carbocycles. The van der Waals surface area contributed by atoms with Crippen LogP contribution in [0.15, 0.2) is 61.2 Å². The smallest absolute Gasteiger partial charge is 0.313 e. The summed E-state index contributed by atoms with van der Waals surface area (Å²) in [5.41, 5.74) is 0.468. The average Bonchev–Trinajstić information content (AvgIpc) is 3.18. The Morgan fingerprint density at radius 1 is 1.14 bits per heavy atom. The zero-order valence-electron chi connectivity index (χ0n) is 15.0. The van der Waals surface area contributed by atoms with Crippen LogP contribution >= 0.6 is 11.6 Å². The van der Waals surface area contributed by atoms with E-state index in [9.17, 15) is 9.59 Å². The molecule has 0 radical (unpaired) electrons. The van der Waals surface area contributed by atoms with Crippen LogP contribution in [0.3, 0.4) is 0 Å². The predicted molar refractivity (Wildman–Crippen MR) is 104 cm³/mol. The number of amides is 2. The summed E-state index contributed by atoms with van der Waals surface area (Å²) in [6.45, 7) is 2.18. The zero-order chi connectivity index (χ0) is 19.9. The fraction of sp³-hybridized carbons (Fsp3) is 0.158. The van der Waals surface area contributed by atoms with Crippen LogP contribution in [0.1, 0.15) is 6.92 Å². The van der Waals surface area contributed by atoms with Crippen molar-refractivity contribution in [2.75, 3.05) is 5.32 Å². The highest BCUT2D eigenvalue weighted by molar-refractivity contribution is 6.39. The van der Waals surface area contributed by atoms with Crippen LogP contribution in [-0.4, -0.2) is 32.6 Å². The minimum absolute atomic E-state index is 0.286. The van der Waals surface area contributed by atoms with Crippen molar-refractivity contribution in [3.8, 4) is 11.5 Å². The number of anilines is 1. The van der Waals surface area contributed by atoms with E-state index >= 15 is 0 Å². The molecule has 1 heterocycles. The summed E-state index contributed by atoms with van der Waals surface area (Å²) in [6, 6.07) is 13.4. The van der Waals surface area contributed by atoms with Gasteiger partial charge >= 0.3 is 11.8 Å². The summed E-state index contributed by atoms with van der Waals surface area (Å²) >= 11 is 6.06. The summed E-state index contributed by atoms with van der Waals surface area (Å²) in [4.78, 5) is 27.9. The summed E-state index contributed by atoms with van der Waals surface area (Å²) in [6.07, 6.45) is 2.94. The number of aromatic nitrogens is 3. The van der Waals surface area contributed by atoms with Gasteiger partial charge in [0, 0.05) is 11.7 Å². The van der Waals surface area contributed by atoms with Crippen LogP contribution in [0, 0.1) is 0 Å². The Labute approximate surface area is 166 Å². The third-order valence-corrected chi connectivity index (χ3v) is 4.00. The summed E-state index contributed by atoms with van der Waals surface area (Å²) in [7, 11) is 0. The second-order valence-corrected chi connectivity index (χ2v) is 6.41. The molecule has 1 atom stereocenters. The molecule has 3 rings (SSSR count). The van der Waals surface area contributed by atoms with E-state index in [0.717, 1.165) is 0 Å². The van der Waals surface area contributed by atoms with Gasteiger partial charge in [-0.15, -0.1) is 0 Å². The number of hydrogen-bond donors (Lipinski definition) is 2. The van der Waals surface area contributed by atoms with E-state index in [1.807, 2.05) is 12.1 Å². The largest absolute Gasteiger partial charge is 0.456 e. The minimum Gasteiger partial charge on any atom is -0.456 e. The van der Waals surface area contributed by atoms with E-state index in [1.54, 1.807) is 48.0 Å². The van der Waals surface area contributed by atoms with Crippen molar-refractivity contribution in [1.82, 2.24) is 20.1 Å². The highest BCUT2D eigenvalue weighted by atomic mass is 35.5. The minimum atomic E-state index is -0.759. The van der Waals surface area contributed by atoms with E-state index in [2.05, 4.69) is 20.7 Å². The van der Waals surface area contributed by atoms with Crippen LogP contribution in [-0.2, 0) is 16.1 Å². The number of rotatable bonds is 6. The van der Waals surface area contributed by atoms with Gasteiger partial charge in [-0.2, -0.15) is 5.10 Å². The lowest BCUT2D eigenvalue weighted by Gasteiger charge is -2.13. The molecule has 8 nitrogen and oxygen atoms in total. The van der Waals surface area contributed by atoms with Gasteiger partial charge < -0.3 is 15.4 Å². The number of nitrogens with one attached hydrogen (secondary N) is 2. The standard InChI is InChI=1S/C19H18ClN5O3/c1-13(10-25-12-21-11-22-25)23-18(26)19(27)24-14-6-8-15(9-7-14)28-17-5-3-2-4-16(17)20/h2-9,11-13H,10H2,1H3,(H,23,26)(H,24,27)/t13-/m0/s1. The van der Waals surface area contributed by atoms with Crippen LogP contribution < -0.4 is 15.4 Å². The van der Waals surface area contributed by atoms with Gasteiger partial charge in [-0.25, -0.2) is 4.98 Å². The number of para-hydroxylation sites is 1. The third-order valence-electron chi connectivity index (χ3n) is 3.69. The number of nitrogens with zero attached hydrogens (tertiary/aromatic N) is 3. The lowest BCUT2D eigenvalue weighted by atomic mass is 10.3. The Morgan fingerprint density at radius 3 is 2.57 bits per heavy atom. The predicted octanol–water partition coefficient (Wildman–Crippen LogP) is 2.87. The normalized spacial score (nSPS) is 11.5. The third kappa shape index (κ3) is 5.31. The first kappa shape index (κ1) is 19.4. The molecule has 0 fully saturated rings. The summed E-state index contributed by atoms with van der Waals surface area (Å²) < 4.78 is 7.25. The second-order valence-electron chi connectivity index (χ2n) is 6.00. The maximum atomic E-state index is 12.1. The summed E-state index contributed by atoms with van der Waals surface area (Å²) in [5, 5.41) is 9.60. The van der Waals surface area contributed by atoms with E-state index in [0.29, 0.717) is 28.8 Å². The second kappa shape index (κ2) is 9.01. The average molecular weight is 400 g/mol. The van der Waals surface area contributed by atoms with Gasteiger partial charge in [0.25, 0.3) is 0 Å². The molecule has 9 heteroatoms. The summed E-state index contributed by atoms with van der Waals surface area (Å²) in [5.74, 6) is -0.409. The van der Waals surface area contributed by atoms with Gasteiger partial charge in [-0.05, 0) is 43.3 Å². The molecule has 0 aliphatic carbocycles. The molecule has 0 aliphatic rings. The van der Waals surface area contributed by atoms with Crippen molar-refractivity contribution in [2.24, 2.45) is 0 Å². The van der Waals surface area contributed by atoms with Crippen molar-refractivity contribution in [3.63, 3.8) is 0 Å². The number of hydrogen-bond acceptors (Lipinski definition) is 5. The SMILES string of the molecule is C[C@@H](Cn1cncn1)NC(=O)C(=O)Nc1ccc(Oc2ccccc2Cl)cc1. The molecule has 0 unspecified atom stereocenters. The lowest BCUT2D eigenvalue weighted by Crippen LogP contribution is -2.42. The van der Waals surface area contributed by atoms with Gasteiger partial charge in [-0.3, -0.25) is 14.3 Å². The Hall–Kier alpha value is -3.39. The number of ether oxygens (including phenoxy) is 1.